The quantitative estimate of drug-likeness (QED) is 0.277. The molecule has 0 aliphatic heterocycles. The predicted octanol–water partition coefficient (Wildman–Crippen LogP) is 10.2. The van der Waals surface area contributed by atoms with E-state index in [2.05, 4.69) is 0 Å². The molecule has 0 radical (unpaired) electrons. The van der Waals surface area contributed by atoms with Crippen molar-refractivity contribution in [2.75, 3.05) is 0 Å². The lowest BCUT2D eigenvalue weighted by atomic mass is 9.63. The van der Waals surface area contributed by atoms with Crippen LogP contribution in [0.5, 0.6) is 0 Å². The van der Waals surface area contributed by atoms with Crippen LogP contribution in [0.2, 0.25) is 0 Å². The summed E-state index contributed by atoms with van der Waals surface area (Å²) in [4.78, 5) is 28.8. The van der Waals surface area contributed by atoms with Gasteiger partial charge < -0.3 is 4.74 Å². The molecule has 212 valence electrons. The number of carbonyl (C=O) groups excluding carboxylic acids is 2. The number of hydrogen-bond acceptors (Lipinski definition) is 3. The van der Waals surface area contributed by atoms with E-state index in [1.54, 1.807) is 0 Å². The first-order valence-corrected chi connectivity index (χ1v) is 16.9. The van der Waals surface area contributed by atoms with Crippen molar-refractivity contribution in [2.24, 2.45) is 22.7 Å². The normalized spacial score (nSPS) is 27.6. The maximum absolute atomic E-state index is 14.4. The van der Waals surface area contributed by atoms with E-state index in [1.807, 2.05) is 0 Å². The average Bonchev–Trinajstić information content (AvgIpc) is 2.80. The van der Waals surface area contributed by atoms with Crippen molar-refractivity contribution in [1.82, 2.24) is 0 Å². The fraction of sp³-hybridized carbons (Fsp3) is 0.941. The molecular formula is C34H58O3. The smallest absolute Gasteiger partial charge is 0.320 e. The molecule has 3 nitrogen and oxygen atoms in total. The summed E-state index contributed by atoms with van der Waals surface area (Å²) in [7, 11) is 0. The Morgan fingerprint density at radius 1 is 0.378 bits per heavy atom. The van der Waals surface area contributed by atoms with Gasteiger partial charge in [0.15, 0.2) is 0 Å². The van der Waals surface area contributed by atoms with Crippen LogP contribution in [0.3, 0.4) is 0 Å². The Bertz CT molecular complexity index is 607. The Balaban J connectivity index is 1.59. The van der Waals surface area contributed by atoms with Gasteiger partial charge in [-0.15, -0.1) is 0 Å². The van der Waals surface area contributed by atoms with Crippen LogP contribution in [0, 0.1) is 22.7 Å². The van der Waals surface area contributed by atoms with E-state index >= 15 is 0 Å². The molecule has 0 unspecified atom stereocenters. The van der Waals surface area contributed by atoms with Crippen molar-refractivity contribution in [2.45, 2.75) is 180 Å². The number of hydrogen-bond donors (Lipinski definition) is 0. The van der Waals surface area contributed by atoms with Crippen LogP contribution in [-0.2, 0) is 14.3 Å². The van der Waals surface area contributed by atoms with Gasteiger partial charge in [0.05, 0.1) is 10.8 Å². The summed E-state index contributed by atoms with van der Waals surface area (Å²) in [5, 5.41) is 0. The van der Waals surface area contributed by atoms with E-state index in [1.165, 1.54) is 103 Å². The van der Waals surface area contributed by atoms with Crippen molar-refractivity contribution in [3.8, 4) is 0 Å². The number of rotatable bonds is 4. The van der Waals surface area contributed by atoms with Crippen molar-refractivity contribution in [1.29, 1.82) is 0 Å². The molecular weight excluding hydrogens is 456 g/mol. The molecule has 4 aliphatic carbocycles. The van der Waals surface area contributed by atoms with Crippen LogP contribution in [-0.4, -0.2) is 11.9 Å². The van der Waals surface area contributed by atoms with E-state index in [0.29, 0.717) is 11.8 Å². The molecule has 37 heavy (non-hydrogen) atoms. The van der Waals surface area contributed by atoms with E-state index < -0.39 is 10.8 Å². The molecule has 4 saturated carbocycles. The highest BCUT2D eigenvalue weighted by Crippen LogP contribution is 2.50. The summed E-state index contributed by atoms with van der Waals surface area (Å²) in [5.41, 5.74) is -0.839. The highest BCUT2D eigenvalue weighted by Gasteiger charge is 2.51. The minimum absolute atomic E-state index is 0.0998. The zero-order chi connectivity index (χ0) is 25.8. The Hall–Kier alpha value is -0.860. The molecule has 0 atom stereocenters. The van der Waals surface area contributed by atoms with Gasteiger partial charge in [-0.05, 0) is 63.2 Å². The van der Waals surface area contributed by atoms with Gasteiger partial charge in [0.1, 0.15) is 0 Å². The van der Waals surface area contributed by atoms with Crippen LogP contribution in [0.1, 0.15) is 180 Å². The highest BCUT2D eigenvalue weighted by molar-refractivity contribution is 5.92. The van der Waals surface area contributed by atoms with Crippen LogP contribution >= 0.6 is 0 Å². The fourth-order valence-electron chi connectivity index (χ4n) is 8.94. The monoisotopic (exact) mass is 514 g/mol. The lowest BCUT2D eigenvalue weighted by Gasteiger charge is -2.43. The standard InChI is InChI=1S/C34H58O3/c35-31(33(25-17-9-3-10-18-26-33)29-21-13-5-1-6-14-22-29)37-32(36)34(27-19-11-4-12-20-28-34)30-23-15-7-2-8-16-24-30/h29-30H,1-28H2. The van der Waals surface area contributed by atoms with Crippen LogP contribution in [0.15, 0.2) is 0 Å². The molecule has 4 fully saturated rings. The number of carbonyl (C=O) groups is 2. The van der Waals surface area contributed by atoms with Gasteiger partial charge in [-0.1, -0.05) is 128 Å². The van der Waals surface area contributed by atoms with E-state index in [4.69, 9.17) is 4.74 Å². The van der Waals surface area contributed by atoms with E-state index in [9.17, 15) is 9.59 Å². The number of esters is 2. The first-order chi connectivity index (χ1) is 18.2. The summed E-state index contributed by atoms with van der Waals surface area (Å²) >= 11 is 0. The van der Waals surface area contributed by atoms with Gasteiger partial charge in [0, 0.05) is 0 Å². The summed E-state index contributed by atoms with van der Waals surface area (Å²) in [6, 6.07) is 0. The van der Waals surface area contributed by atoms with Gasteiger partial charge >= 0.3 is 11.9 Å². The minimum atomic E-state index is -0.419. The Morgan fingerprint density at radius 2 is 0.622 bits per heavy atom. The Morgan fingerprint density at radius 3 is 0.919 bits per heavy atom. The molecule has 4 rings (SSSR count). The number of ether oxygens (including phenoxy) is 1. The molecule has 0 spiro atoms. The van der Waals surface area contributed by atoms with E-state index in [-0.39, 0.29) is 11.9 Å². The Labute approximate surface area is 228 Å². The van der Waals surface area contributed by atoms with Crippen molar-refractivity contribution in [3.05, 3.63) is 0 Å². The Kier molecular flexibility index (Phi) is 11.9. The summed E-state index contributed by atoms with van der Waals surface area (Å²) in [6.07, 6.45) is 33.1. The van der Waals surface area contributed by atoms with Crippen molar-refractivity contribution in [3.63, 3.8) is 0 Å². The van der Waals surface area contributed by atoms with Gasteiger partial charge in [-0.2, -0.15) is 0 Å². The average molecular weight is 515 g/mol. The lowest BCUT2D eigenvalue weighted by Crippen LogP contribution is -2.47. The zero-order valence-corrected chi connectivity index (χ0v) is 24.2. The third-order valence-corrected chi connectivity index (χ3v) is 11.3. The van der Waals surface area contributed by atoms with Crippen molar-refractivity contribution >= 4 is 11.9 Å². The second kappa shape index (κ2) is 15.1. The molecule has 0 aromatic heterocycles. The van der Waals surface area contributed by atoms with Crippen LogP contribution in [0.25, 0.3) is 0 Å². The largest absolute Gasteiger partial charge is 0.392 e. The zero-order valence-electron chi connectivity index (χ0n) is 24.2. The molecule has 4 aliphatic rings. The molecule has 0 aromatic carbocycles. The summed E-state index contributed by atoms with van der Waals surface area (Å²) < 4.78 is 6.30. The van der Waals surface area contributed by atoms with Crippen LogP contribution < -0.4 is 0 Å². The molecule has 0 amide bonds. The van der Waals surface area contributed by atoms with Gasteiger partial charge in [0.25, 0.3) is 0 Å². The third kappa shape index (κ3) is 7.63. The van der Waals surface area contributed by atoms with E-state index in [0.717, 1.165) is 77.0 Å². The molecule has 0 N–H and O–H groups in total. The highest BCUT2D eigenvalue weighted by atomic mass is 16.6. The maximum atomic E-state index is 14.4. The molecule has 0 aromatic rings. The first kappa shape index (κ1) is 29.1. The topological polar surface area (TPSA) is 43.4 Å². The second-order valence-corrected chi connectivity index (χ2v) is 13.6. The molecule has 0 heterocycles. The first-order valence-electron chi connectivity index (χ1n) is 16.9. The summed E-state index contributed by atoms with van der Waals surface area (Å²) in [5.74, 6) is 0.608. The van der Waals surface area contributed by atoms with Gasteiger partial charge in [-0.25, -0.2) is 0 Å². The molecule has 3 heteroatoms. The van der Waals surface area contributed by atoms with Gasteiger partial charge in [-0.3, -0.25) is 9.59 Å². The summed E-state index contributed by atoms with van der Waals surface area (Å²) in [6.45, 7) is 0. The predicted molar refractivity (Wildman–Crippen MR) is 152 cm³/mol. The van der Waals surface area contributed by atoms with Crippen molar-refractivity contribution < 1.29 is 14.3 Å². The third-order valence-electron chi connectivity index (χ3n) is 11.3. The second-order valence-electron chi connectivity index (χ2n) is 13.6. The molecule has 0 saturated heterocycles. The minimum Gasteiger partial charge on any atom is -0.392 e. The van der Waals surface area contributed by atoms with Crippen LogP contribution in [0.4, 0.5) is 0 Å². The molecule has 0 bridgehead atoms. The fourth-order valence-corrected chi connectivity index (χ4v) is 8.94. The SMILES string of the molecule is O=C(OC(=O)C1(C2CCCCCCC2)CCCCCCC1)C1(C2CCCCCCC2)CCCCCCC1. The maximum Gasteiger partial charge on any atom is 0.320 e. The van der Waals surface area contributed by atoms with Gasteiger partial charge in [0.2, 0.25) is 0 Å². The lowest BCUT2D eigenvalue weighted by molar-refractivity contribution is -0.182.